The van der Waals surface area contributed by atoms with Gasteiger partial charge in [0.1, 0.15) is 0 Å². The van der Waals surface area contributed by atoms with E-state index in [9.17, 15) is 9.59 Å². The third-order valence-electron chi connectivity index (χ3n) is 5.16. The molecule has 0 spiro atoms. The van der Waals surface area contributed by atoms with E-state index in [0.717, 1.165) is 18.4 Å². The molecule has 24 heavy (non-hydrogen) atoms. The van der Waals surface area contributed by atoms with Crippen molar-refractivity contribution in [2.45, 2.75) is 56.6 Å². The Morgan fingerprint density at radius 2 is 2.04 bits per heavy atom. The van der Waals surface area contributed by atoms with Gasteiger partial charge in [0.05, 0.1) is 11.0 Å². The maximum Gasteiger partial charge on any atom is 0.232 e. The molecule has 2 fully saturated rings. The molecule has 0 aromatic heterocycles. The third-order valence-corrected chi connectivity index (χ3v) is 5.16. The standard InChI is InChI=1S/C19H26N2O3/c1-18(2)12-15(9-11-24-18)21-17(23)19(10-8-16(22)20-13-19)14-6-4-3-5-7-14/h3-7,15H,8-13H2,1-2H3,(H,20,22)(H,21,23)/t15-,19+/m0/s1. The van der Waals surface area contributed by atoms with E-state index < -0.39 is 5.41 Å². The van der Waals surface area contributed by atoms with Gasteiger partial charge in [-0.2, -0.15) is 0 Å². The van der Waals surface area contributed by atoms with E-state index in [4.69, 9.17) is 4.74 Å². The van der Waals surface area contributed by atoms with Gasteiger partial charge in [-0.1, -0.05) is 30.3 Å². The Labute approximate surface area is 143 Å². The fourth-order valence-corrected chi connectivity index (χ4v) is 3.76. The van der Waals surface area contributed by atoms with Crippen LogP contribution < -0.4 is 10.6 Å². The third kappa shape index (κ3) is 3.46. The summed E-state index contributed by atoms with van der Waals surface area (Å²) >= 11 is 0. The quantitative estimate of drug-likeness (QED) is 0.889. The number of nitrogens with one attached hydrogen (secondary N) is 2. The SMILES string of the molecule is CC1(C)C[C@@H](NC(=O)[C@]2(c3ccccc3)CCC(=O)NC2)CCO1. The average Bonchev–Trinajstić information content (AvgIpc) is 2.55. The lowest BCUT2D eigenvalue weighted by atomic mass is 9.73. The van der Waals surface area contributed by atoms with E-state index in [2.05, 4.69) is 24.5 Å². The summed E-state index contributed by atoms with van der Waals surface area (Å²) in [4.78, 5) is 24.8. The Morgan fingerprint density at radius 3 is 2.67 bits per heavy atom. The summed E-state index contributed by atoms with van der Waals surface area (Å²) in [5.41, 5.74) is 0.0722. The predicted molar refractivity (Wildman–Crippen MR) is 91.6 cm³/mol. The van der Waals surface area contributed by atoms with Gasteiger partial charge in [-0.15, -0.1) is 0 Å². The van der Waals surface area contributed by atoms with Crippen LogP contribution in [0.3, 0.4) is 0 Å². The molecule has 2 amide bonds. The minimum Gasteiger partial charge on any atom is -0.375 e. The first-order valence-corrected chi connectivity index (χ1v) is 8.68. The Kier molecular flexibility index (Phi) is 4.63. The Bertz CT molecular complexity index is 602. The second kappa shape index (κ2) is 6.55. The van der Waals surface area contributed by atoms with Gasteiger partial charge in [0, 0.05) is 25.6 Å². The van der Waals surface area contributed by atoms with Gasteiger partial charge in [0.25, 0.3) is 0 Å². The molecule has 1 aromatic carbocycles. The number of hydrogen-bond acceptors (Lipinski definition) is 3. The van der Waals surface area contributed by atoms with Gasteiger partial charge in [-0.05, 0) is 38.7 Å². The smallest absolute Gasteiger partial charge is 0.232 e. The number of benzene rings is 1. The zero-order valence-corrected chi connectivity index (χ0v) is 14.4. The molecule has 2 heterocycles. The van der Waals surface area contributed by atoms with Crippen LogP contribution in [-0.4, -0.2) is 36.6 Å². The van der Waals surface area contributed by atoms with E-state index in [1.807, 2.05) is 30.3 Å². The molecule has 5 nitrogen and oxygen atoms in total. The van der Waals surface area contributed by atoms with Crippen LogP contribution in [0.4, 0.5) is 0 Å². The zero-order chi connectivity index (χ0) is 17.2. The largest absolute Gasteiger partial charge is 0.375 e. The fourth-order valence-electron chi connectivity index (χ4n) is 3.76. The maximum absolute atomic E-state index is 13.2. The molecular weight excluding hydrogens is 304 g/mol. The molecule has 0 bridgehead atoms. The van der Waals surface area contributed by atoms with Crippen molar-refractivity contribution in [1.82, 2.24) is 10.6 Å². The normalized spacial score (nSPS) is 29.6. The van der Waals surface area contributed by atoms with Crippen molar-refractivity contribution in [2.24, 2.45) is 0 Å². The van der Waals surface area contributed by atoms with Gasteiger partial charge >= 0.3 is 0 Å². The van der Waals surface area contributed by atoms with E-state index in [-0.39, 0.29) is 23.5 Å². The van der Waals surface area contributed by atoms with Crippen LogP contribution in [0.1, 0.15) is 45.1 Å². The molecule has 5 heteroatoms. The molecule has 0 aliphatic carbocycles. The average molecular weight is 330 g/mol. The summed E-state index contributed by atoms with van der Waals surface area (Å²) in [6.45, 7) is 5.12. The van der Waals surface area contributed by atoms with Crippen LogP contribution in [0.5, 0.6) is 0 Å². The molecule has 0 radical (unpaired) electrons. The monoisotopic (exact) mass is 330 g/mol. The highest BCUT2D eigenvalue weighted by Gasteiger charge is 2.44. The van der Waals surface area contributed by atoms with E-state index in [1.54, 1.807) is 0 Å². The van der Waals surface area contributed by atoms with Crippen LogP contribution in [0.15, 0.2) is 30.3 Å². The van der Waals surface area contributed by atoms with Crippen molar-refractivity contribution >= 4 is 11.8 Å². The van der Waals surface area contributed by atoms with Crippen molar-refractivity contribution in [3.63, 3.8) is 0 Å². The second-order valence-electron chi connectivity index (χ2n) is 7.50. The summed E-state index contributed by atoms with van der Waals surface area (Å²) in [6, 6.07) is 9.89. The first-order chi connectivity index (χ1) is 11.4. The highest BCUT2D eigenvalue weighted by Crippen LogP contribution is 2.33. The maximum atomic E-state index is 13.2. The van der Waals surface area contributed by atoms with Crippen LogP contribution in [0.2, 0.25) is 0 Å². The number of piperidine rings is 1. The number of carbonyl (C=O) groups is 2. The molecule has 2 atom stereocenters. The molecule has 0 unspecified atom stereocenters. The van der Waals surface area contributed by atoms with Crippen LogP contribution in [-0.2, 0) is 19.7 Å². The lowest BCUT2D eigenvalue weighted by Gasteiger charge is -2.40. The number of carbonyl (C=O) groups excluding carboxylic acids is 2. The number of hydrogen-bond donors (Lipinski definition) is 2. The van der Waals surface area contributed by atoms with Gasteiger partial charge in [0.15, 0.2) is 0 Å². The highest BCUT2D eigenvalue weighted by molar-refractivity contribution is 5.91. The molecule has 2 saturated heterocycles. The molecule has 1 aromatic rings. The molecular formula is C19H26N2O3. The van der Waals surface area contributed by atoms with Crippen LogP contribution >= 0.6 is 0 Å². The molecule has 0 saturated carbocycles. The molecule has 2 aliphatic rings. The van der Waals surface area contributed by atoms with E-state index >= 15 is 0 Å². The van der Waals surface area contributed by atoms with Crippen molar-refractivity contribution in [3.8, 4) is 0 Å². The lowest BCUT2D eigenvalue weighted by Crippen LogP contribution is -2.58. The first kappa shape index (κ1) is 17.0. The van der Waals surface area contributed by atoms with Gasteiger partial charge in [0.2, 0.25) is 11.8 Å². The van der Waals surface area contributed by atoms with Crippen molar-refractivity contribution < 1.29 is 14.3 Å². The molecule has 2 N–H and O–H groups in total. The predicted octanol–water partition coefficient (Wildman–Crippen LogP) is 1.91. The minimum absolute atomic E-state index is 0.0106. The van der Waals surface area contributed by atoms with Crippen molar-refractivity contribution in [2.75, 3.05) is 13.2 Å². The summed E-state index contributed by atoms with van der Waals surface area (Å²) in [5.74, 6) is 0.0259. The van der Waals surface area contributed by atoms with Crippen molar-refractivity contribution in [3.05, 3.63) is 35.9 Å². The topological polar surface area (TPSA) is 67.4 Å². The van der Waals surface area contributed by atoms with Crippen molar-refractivity contribution in [1.29, 1.82) is 0 Å². The molecule has 130 valence electrons. The second-order valence-corrected chi connectivity index (χ2v) is 7.50. The first-order valence-electron chi connectivity index (χ1n) is 8.68. The van der Waals surface area contributed by atoms with Crippen LogP contribution in [0.25, 0.3) is 0 Å². The summed E-state index contributed by atoms with van der Waals surface area (Å²) in [7, 11) is 0. The van der Waals surface area contributed by atoms with Gasteiger partial charge < -0.3 is 15.4 Å². The minimum atomic E-state index is -0.683. The zero-order valence-electron chi connectivity index (χ0n) is 14.4. The summed E-state index contributed by atoms with van der Waals surface area (Å²) in [5, 5.41) is 6.11. The summed E-state index contributed by atoms with van der Waals surface area (Å²) < 4.78 is 5.74. The Hall–Kier alpha value is -1.88. The highest BCUT2D eigenvalue weighted by atomic mass is 16.5. The van der Waals surface area contributed by atoms with E-state index in [0.29, 0.717) is 26.0 Å². The fraction of sp³-hybridized carbons (Fsp3) is 0.579. The molecule has 3 rings (SSSR count). The van der Waals surface area contributed by atoms with E-state index in [1.165, 1.54) is 0 Å². The van der Waals surface area contributed by atoms with Gasteiger partial charge in [-0.3, -0.25) is 9.59 Å². The lowest BCUT2D eigenvalue weighted by molar-refractivity contribution is -0.133. The Morgan fingerprint density at radius 1 is 1.29 bits per heavy atom. The van der Waals surface area contributed by atoms with Gasteiger partial charge in [-0.25, -0.2) is 0 Å². The summed E-state index contributed by atoms with van der Waals surface area (Å²) in [6.07, 6.45) is 2.55. The Balaban J connectivity index is 1.81. The number of ether oxygens (including phenoxy) is 1. The number of amides is 2. The molecule has 2 aliphatic heterocycles. The van der Waals surface area contributed by atoms with Crippen LogP contribution in [0, 0.1) is 0 Å². The number of rotatable bonds is 3.